The molecular formula is C20H32N4O4S. The highest BCUT2D eigenvalue weighted by Gasteiger charge is 2.23. The minimum absolute atomic E-state index is 0.0456. The number of piperazine rings is 1. The molecule has 162 valence electrons. The second-order valence-corrected chi connectivity index (χ2v) is 9.68. The Hall–Kier alpha value is -1.52. The van der Waals surface area contributed by atoms with Gasteiger partial charge in [0.15, 0.2) is 0 Å². The van der Waals surface area contributed by atoms with Gasteiger partial charge in [-0.05, 0) is 30.7 Å². The standard InChI is InChI=1S/C20H32N4O4S/c1-29(26,27)24-10-8-23(9-11-24)17-18-4-2-5-19(16-18)20(25)21-6-3-7-22-12-14-28-15-13-22/h2,4-5,16H,3,6-15,17H2,1H3,(H,21,25). The molecular weight excluding hydrogens is 392 g/mol. The third-order valence-corrected chi connectivity index (χ3v) is 6.74. The van der Waals surface area contributed by atoms with Crippen LogP contribution in [0.15, 0.2) is 24.3 Å². The molecule has 2 saturated heterocycles. The lowest BCUT2D eigenvalue weighted by molar-refractivity contribution is 0.0374. The molecule has 2 fully saturated rings. The van der Waals surface area contributed by atoms with Crippen LogP contribution in [0, 0.1) is 0 Å². The molecule has 2 heterocycles. The number of benzene rings is 1. The van der Waals surface area contributed by atoms with Crippen LogP contribution in [0.2, 0.25) is 0 Å². The van der Waals surface area contributed by atoms with Crippen LogP contribution >= 0.6 is 0 Å². The number of rotatable bonds is 8. The summed E-state index contributed by atoms with van der Waals surface area (Å²) >= 11 is 0. The third-order valence-electron chi connectivity index (χ3n) is 5.44. The fraction of sp³-hybridized carbons (Fsp3) is 0.650. The van der Waals surface area contributed by atoms with Gasteiger partial charge in [-0.15, -0.1) is 0 Å². The first kappa shape index (κ1) is 22.2. The minimum atomic E-state index is -3.11. The zero-order valence-corrected chi connectivity index (χ0v) is 18.0. The van der Waals surface area contributed by atoms with Crippen LogP contribution in [0.5, 0.6) is 0 Å². The van der Waals surface area contributed by atoms with Gasteiger partial charge in [-0.25, -0.2) is 8.42 Å². The van der Waals surface area contributed by atoms with Gasteiger partial charge in [0, 0.05) is 57.9 Å². The molecule has 0 saturated carbocycles. The van der Waals surface area contributed by atoms with Gasteiger partial charge < -0.3 is 10.1 Å². The molecule has 1 aromatic rings. The summed E-state index contributed by atoms with van der Waals surface area (Å²) in [4.78, 5) is 17.0. The smallest absolute Gasteiger partial charge is 0.251 e. The maximum absolute atomic E-state index is 12.5. The zero-order valence-electron chi connectivity index (χ0n) is 17.2. The lowest BCUT2D eigenvalue weighted by Crippen LogP contribution is -2.47. The van der Waals surface area contributed by atoms with Crippen LogP contribution in [-0.2, 0) is 21.3 Å². The molecule has 0 unspecified atom stereocenters. The van der Waals surface area contributed by atoms with E-state index in [4.69, 9.17) is 4.74 Å². The summed E-state index contributed by atoms with van der Waals surface area (Å²) in [5.41, 5.74) is 1.74. The number of nitrogens with one attached hydrogen (secondary N) is 1. The van der Waals surface area contributed by atoms with Crippen molar-refractivity contribution >= 4 is 15.9 Å². The van der Waals surface area contributed by atoms with Gasteiger partial charge in [-0.1, -0.05) is 12.1 Å². The third kappa shape index (κ3) is 7.04. The number of sulfonamides is 1. The van der Waals surface area contributed by atoms with E-state index in [1.54, 1.807) is 0 Å². The first-order valence-corrected chi connectivity index (χ1v) is 12.1. The average Bonchev–Trinajstić information content (AvgIpc) is 2.72. The Labute approximate surface area is 173 Å². The summed E-state index contributed by atoms with van der Waals surface area (Å²) < 4.78 is 30.1. The molecule has 1 aromatic carbocycles. The van der Waals surface area contributed by atoms with Crippen molar-refractivity contribution < 1.29 is 17.9 Å². The zero-order chi connectivity index (χ0) is 20.7. The molecule has 0 radical (unpaired) electrons. The van der Waals surface area contributed by atoms with E-state index in [1.807, 2.05) is 24.3 Å². The summed E-state index contributed by atoms with van der Waals surface area (Å²) in [5.74, 6) is -0.0456. The normalized spacial score (nSPS) is 19.9. The molecule has 8 nitrogen and oxygen atoms in total. The lowest BCUT2D eigenvalue weighted by atomic mass is 10.1. The van der Waals surface area contributed by atoms with E-state index in [0.29, 0.717) is 38.3 Å². The van der Waals surface area contributed by atoms with Crippen molar-refractivity contribution in [2.45, 2.75) is 13.0 Å². The maximum Gasteiger partial charge on any atom is 0.251 e. The Balaban J connectivity index is 1.42. The molecule has 0 atom stereocenters. The highest BCUT2D eigenvalue weighted by Crippen LogP contribution is 2.12. The number of carbonyl (C=O) groups excluding carboxylic acids is 1. The molecule has 0 aromatic heterocycles. The van der Waals surface area contributed by atoms with Gasteiger partial charge in [0.25, 0.3) is 5.91 Å². The second kappa shape index (κ2) is 10.5. The lowest BCUT2D eigenvalue weighted by Gasteiger charge is -2.33. The molecule has 0 aliphatic carbocycles. The summed E-state index contributed by atoms with van der Waals surface area (Å²) in [6.45, 7) is 8.31. The molecule has 0 spiro atoms. The van der Waals surface area contributed by atoms with E-state index in [1.165, 1.54) is 10.6 Å². The Morgan fingerprint density at radius 3 is 2.48 bits per heavy atom. The van der Waals surface area contributed by atoms with Crippen molar-refractivity contribution in [3.63, 3.8) is 0 Å². The van der Waals surface area contributed by atoms with Crippen LogP contribution in [0.3, 0.4) is 0 Å². The maximum atomic E-state index is 12.5. The number of hydrogen-bond acceptors (Lipinski definition) is 6. The van der Waals surface area contributed by atoms with Crippen LogP contribution < -0.4 is 5.32 Å². The van der Waals surface area contributed by atoms with Crippen molar-refractivity contribution in [3.05, 3.63) is 35.4 Å². The summed E-state index contributed by atoms with van der Waals surface area (Å²) in [6, 6.07) is 7.69. The molecule has 0 bridgehead atoms. The number of amides is 1. The largest absolute Gasteiger partial charge is 0.379 e. The van der Waals surface area contributed by atoms with Gasteiger partial charge >= 0.3 is 0 Å². The van der Waals surface area contributed by atoms with E-state index in [-0.39, 0.29) is 5.91 Å². The van der Waals surface area contributed by atoms with Crippen molar-refractivity contribution in [1.29, 1.82) is 0 Å². The summed E-state index contributed by atoms with van der Waals surface area (Å²) in [7, 11) is -3.11. The van der Waals surface area contributed by atoms with Crippen molar-refractivity contribution in [3.8, 4) is 0 Å². The van der Waals surface area contributed by atoms with E-state index < -0.39 is 10.0 Å². The van der Waals surface area contributed by atoms with Crippen LogP contribution in [0.1, 0.15) is 22.3 Å². The Bertz CT molecular complexity index is 772. The topological polar surface area (TPSA) is 82.2 Å². The number of hydrogen-bond donors (Lipinski definition) is 1. The predicted octanol–water partition coefficient (Wildman–Crippen LogP) is 0.216. The molecule has 1 N–H and O–H groups in total. The van der Waals surface area contributed by atoms with Crippen molar-refractivity contribution in [2.24, 2.45) is 0 Å². The molecule has 2 aliphatic rings. The van der Waals surface area contributed by atoms with Crippen LogP contribution in [0.4, 0.5) is 0 Å². The summed E-state index contributed by atoms with van der Waals surface area (Å²) in [6.07, 6.45) is 2.18. The molecule has 9 heteroatoms. The van der Waals surface area contributed by atoms with E-state index in [9.17, 15) is 13.2 Å². The quantitative estimate of drug-likeness (QED) is 0.601. The van der Waals surface area contributed by atoms with Crippen molar-refractivity contribution in [1.82, 2.24) is 19.4 Å². The fourth-order valence-electron chi connectivity index (χ4n) is 3.72. The van der Waals surface area contributed by atoms with Gasteiger partial charge in [0.2, 0.25) is 10.0 Å². The van der Waals surface area contributed by atoms with Crippen molar-refractivity contribution in [2.75, 3.05) is 71.8 Å². The average molecular weight is 425 g/mol. The van der Waals surface area contributed by atoms with Crippen LogP contribution in [-0.4, -0.2) is 100 Å². The molecule has 1 amide bonds. The second-order valence-electron chi connectivity index (χ2n) is 7.70. The Morgan fingerprint density at radius 1 is 1.07 bits per heavy atom. The monoisotopic (exact) mass is 424 g/mol. The van der Waals surface area contributed by atoms with E-state index in [0.717, 1.165) is 51.4 Å². The predicted molar refractivity (Wildman–Crippen MR) is 112 cm³/mol. The number of nitrogens with zero attached hydrogens (tertiary/aromatic N) is 3. The first-order valence-electron chi connectivity index (χ1n) is 10.3. The molecule has 2 aliphatic heterocycles. The van der Waals surface area contributed by atoms with Crippen LogP contribution in [0.25, 0.3) is 0 Å². The van der Waals surface area contributed by atoms with Gasteiger partial charge in [-0.3, -0.25) is 14.6 Å². The highest BCUT2D eigenvalue weighted by molar-refractivity contribution is 7.88. The number of carbonyl (C=O) groups is 1. The molecule has 29 heavy (non-hydrogen) atoms. The number of morpholine rings is 1. The first-order chi connectivity index (χ1) is 13.9. The van der Waals surface area contributed by atoms with Gasteiger partial charge in [-0.2, -0.15) is 4.31 Å². The minimum Gasteiger partial charge on any atom is -0.379 e. The Kier molecular flexibility index (Phi) is 8.02. The fourth-order valence-corrected chi connectivity index (χ4v) is 4.55. The van der Waals surface area contributed by atoms with Gasteiger partial charge in [0.05, 0.1) is 19.5 Å². The van der Waals surface area contributed by atoms with E-state index in [2.05, 4.69) is 15.1 Å². The summed E-state index contributed by atoms with van der Waals surface area (Å²) in [5, 5.41) is 3.01. The van der Waals surface area contributed by atoms with Gasteiger partial charge in [0.1, 0.15) is 0 Å². The Morgan fingerprint density at radius 2 is 1.79 bits per heavy atom. The number of ether oxygens (including phenoxy) is 1. The molecule has 3 rings (SSSR count). The van der Waals surface area contributed by atoms with E-state index >= 15 is 0 Å². The highest BCUT2D eigenvalue weighted by atomic mass is 32.2. The SMILES string of the molecule is CS(=O)(=O)N1CCN(Cc2cccc(C(=O)NCCCN3CCOCC3)c2)CC1.